The van der Waals surface area contributed by atoms with Gasteiger partial charge >= 0.3 is 12.4 Å². The van der Waals surface area contributed by atoms with Gasteiger partial charge in [-0.1, -0.05) is 17.7 Å². The SMILES string of the molecule is O=C(CNc1cccc(C(F)(F)F)c1)Nc1cc(C(F)(F)F)ccc1Cl. The van der Waals surface area contributed by atoms with Gasteiger partial charge in [0.2, 0.25) is 5.91 Å². The zero-order chi connectivity index (χ0) is 19.5. The van der Waals surface area contributed by atoms with Gasteiger partial charge in [0.1, 0.15) is 0 Å². The summed E-state index contributed by atoms with van der Waals surface area (Å²) < 4.78 is 75.9. The predicted molar refractivity (Wildman–Crippen MR) is 85.0 cm³/mol. The summed E-state index contributed by atoms with van der Waals surface area (Å²) in [6, 6.07) is 6.58. The number of hydrogen-bond donors (Lipinski definition) is 2. The molecule has 2 aromatic carbocycles. The van der Waals surface area contributed by atoms with E-state index < -0.39 is 35.9 Å². The summed E-state index contributed by atoms with van der Waals surface area (Å²) in [4.78, 5) is 11.8. The van der Waals surface area contributed by atoms with E-state index in [9.17, 15) is 31.1 Å². The van der Waals surface area contributed by atoms with Crippen LogP contribution in [-0.4, -0.2) is 12.5 Å². The Hall–Kier alpha value is -2.42. The zero-order valence-electron chi connectivity index (χ0n) is 12.8. The first-order chi connectivity index (χ1) is 12.0. The molecular weight excluding hydrogens is 386 g/mol. The van der Waals surface area contributed by atoms with Gasteiger partial charge in [-0.05, 0) is 36.4 Å². The third kappa shape index (κ3) is 5.29. The predicted octanol–water partition coefficient (Wildman–Crippen LogP) is 5.43. The van der Waals surface area contributed by atoms with Crippen LogP contribution in [0.5, 0.6) is 0 Å². The van der Waals surface area contributed by atoms with Gasteiger partial charge < -0.3 is 10.6 Å². The summed E-state index contributed by atoms with van der Waals surface area (Å²) in [6.07, 6.45) is -9.15. The molecule has 2 N–H and O–H groups in total. The summed E-state index contributed by atoms with van der Waals surface area (Å²) in [5, 5.41) is 4.54. The minimum atomic E-state index is -4.61. The molecule has 0 unspecified atom stereocenters. The number of hydrogen-bond acceptors (Lipinski definition) is 2. The van der Waals surface area contributed by atoms with Crippen LogP contribution in [0.3, 0.4) is 0 Å². The molecule has 0 radical (unpaired) electrons. The van der Waals surface area contributed by atoms with Gasteiger partial charge in [-0.25, -0.2) is 0 Å². The number of amides is 1. The number of carbonyl (C=O) groups excluding carboxylic acids is 1. The van der Waals surface area contributed by atoms with Crippen molar-refractivity contribution in [3.63, 3.8) is 0 Å². The highest BCUT2D eigenvalue weighted by Crippen LogP contribution is 2.34. The van der Waals surface area contributed by atoms with Gasteiger partial charge in [-0.15, -0.1) is 0 Å². The highest BCUT2D eigenvalue weighted by molar-refractivity contribution is 6.33. The molecule has 0 fully saturated rings. The van der Waals surface area contributed by atoms with E-state index >= 15 is 0 Å². The van der Waals surface area contributed by atoms with Gasteiger partial charge in [0.05, 0.1) is 28.4 Å². The van der Waals surface area contributed by atoms with Gasteiger partial charge in [-0.3, -0.25) is 4.79 Å². The summed E-state index contributed by atoms with van der Waals surface area (Å²) in [5.74, 6) is -0.774. The van der Waals surface area contributed by atoms with E-state index in [-0.39, 0.29) is 16.4 Å². The first-order valence-corrected chi connectivity index (χ1v) is 7.42. The minimum Gasteiger partial charge on any atom is -0.376 e. The van der Waals surface area contributed by atoms with Crippen LogP contribution in [0.15, 0.2) is 42.5 Å². The molecule has 140 valence electrons. The van der Waals surface area contributed by atoms with Crippen molar-refractivity contribution in [3.05, 3.63) is 58.6 Å². The van der Waals surface area contributed by atoms with Gasteiger partial charge in [0.25, 0.3) is 0 Å². The van der Waals surface area contributed by atoms with E-state index in [1.54, 1.807) is 0 Å². The third-order valence-electron chi connectivity index (χ3n) is 3.21. The molecule has 2 rings (SSSR count). The maximum Gasteiger partial charge on any atom is 0.416 e. The Labute approximate surface area is 149 Å². The van der Waals surface area contributed by atoms with E-state index in [1.807, 2.05) is 0 Å². The molecule has 0 bridgehead atoms. The first kappa shape index (κ1) is 19.9. The standard InChI is InChI=1S/C16H11ClF6N2O/c17-12-5-4-10(16(21,22)23)7-13(12)25-14(26)8-24-11-3-1-2-9(6-11)15(18,19)20/h1-7,24H,8H2,(H,25,26). The highest BCUT2D eigenvalue weighted by Gasteiger charge is 2.31. The fourth-order valence-corrected chi connectivity index (χ4v) is 2.14. The molecule has 10 heteroatoms. The third-order valence-corrected chi connectivity index (χ3v) is 3.54. The molecule has 1 amide bonds. The van der Waals surface area contributed by atoms with Crippen LogP contribution in [-0.2, 0) is 17.1 Å². The molecule has 0 spiro atoms. The lowest BCUT2D eigenvalue weighted by atomic mass is 10.2. The quantitative estimate of drug-likeness (QED) is 0.677. The summed E-state index contributed by atoms with van der Waals surface area (Å²) in [6.45, 7) is -0.464. The number of carbonyl (C=O) groups is 1. The van der Waals surface area contributed by atoms with E-state index in [2.05, 4.69) is 10.6 Å². The number of halogens is 7. The van der Waals surface area contributed by atoms with Crippen LogP contribution >= 0.6 is 11.6 Å². The van der Waals surface area contributed by atoms with Gasteiger partial charge in [-0.2, -0.15) is 26.3 Å². The van der Waals surface area contributed by atoms with Crippen molar-refractivity contribution < 1.29 is 31.1 Å². The number of rotatable bonds is 4. The summed E-state index contributed by atoms with van der Waals surface area (Å²) in [7, 11) is 0. The molecule has 2 aromatic rings. The fraction of sp³-hybridized carbons (Fsp3) is 0.188. The molecule has 0 aliphatic rings. The van der Waals surface area contributed by atoms with Crippen LogP contribution in [0, 0.1) is 0 Å². The Kier molecular flexibility index (Phi) is 5.70. The summed E-state index contributed by atoms with van der Waals surface area (Å²) in [5.41, 5.74) is -2.12. The molecule has 0 saturated carbocycles. The molecule has 0 atom stereocenters. The molecule has 0 aromatic heterocycles. The van der Waals surface area contributed by atoms with Crippen molar-refractivity contribution in [3.8, 4) is 0 Å². The largest absolute Gasteiger partial charge is 0.416 e. The van der Waals surface area contributed by atoms with Crippen LogP contribution < -0.4 is 10.6 Å². The second-order valence-electron chi connectivity index (χ2n) is 5.17. The average molecular weight is 397 g/mol. The average Bonchev–Trinajstić information content (AvgIpc) is 2.53. The topological polar surface area (TPSA) is 41.1 Å². The molecule has 26 heavy (non-hydrogen) atoms. The number of alkyl halides is 6. The maximum atomic E-state index is 12.7. The Morgan fingerprint density at radius 3 is 2.15 bits per heavy atom. The number of nitrogens with one attached hydrogen (secondary N) is 2. The lowest BCUT2D eigenvalue weighted by Crippen LogP contribution is -2.22. The monoisotopic (exact) mass is 396 g/mol. The molecule has 0 aliphatic heterocycles. The Morgan fingerprint density at radius 1 is 0.923 bits per heavy atom. The molecule has 3 nitrogen and oxygen atoms in total. The second-order valence-corrected chi connectivity index (χ2v) is 5.58. The van der Waals surface area contributed by atoms with E-state index in [1.165, 1.54) is 6.07 Å². The van der Waals surface area contributed by atoms with Crippen LogP contribution in [0.25, 0.3) is 0 Å². The Bertz CT molecular complexity index is 804. The van der Waals surface area contributed by atoms with E-state index in [0.717, 1.165) is 30.3 Å². The van der Waals surface area contributed by atoms with Gasteiger partial charge in [0, 0.05) is 5.69 Å². The Morgan fingerprint density at radius 2 is 1.54 bits per heavy atom. The van der Waals surface area contributed by atoms with Crippen LogP contribution in [0.2, 0.25) is 5.02 Å². The van der Waals surface area contributed by atoms with Crippen molar-refractivity contribution in [1.29, 1.82) is 0 Å². The van der Waals surface area contributed by atoms with Crippen LogP contribution in [0.1, 0.15) is 11.1 Å². The zero-order valence-corrected chi connectivity index (χ0v) is 13.6. The van der Waals surface area contributed by atoms with Crippen molar-refractivity contribution in [1.82, 2.24) is 0 Å². The van der Waals surface area contributed by atoms with Gasteiger partial charge in [0.15, 0.2) is 0 Å². The first-order valence-electron chi connectivity index (χ1n) is 7.04. The highest BCUT2D eigenvalue weighted by atomic mass is 35.5. The maximum absolute atomic E-state index is 12.7. The second kappa shape index (κ2) is 7.45. The molecule has 0 heterocycles. The lowest BCUT2D eigenvalue weighted by molar-refractivity contribution is -0.138. The number of benzene rings is 2. The number of anilines is 2. The molecular formula is C16H11ClF6N2O. The Balaban J connectivity index is 2.04. The minimum absolute atomic E-state index is 0.0325. The normalized spacial score (nSPS) is 12.0. The molecule has 0 aliphatic carbocycles. The van der Waals surface area contributed by atoms with Crippen LogP contribution in [0.4, 0.5) is 37.7 Å². The summed E-state index contributed by atoms with van der Waals surface area (Å²) >= 11 is 5.75. The molecule has 0 saturated heterocycles. The van der Waals surface area contributed by atoms with Crippen molar-refractivity contribution in [2.75, 3.05) is 17.2 Å². The van der Waals surface area contributed by atoms with E-state index in [0.29, 0.717) is 6.07 Å². The lowest BCUT2D eigenvalue weighted by Gasteiger charge is -2.13. The van der Waals surface area contributed by atoms with Crippen molar-refractivity contribution in [2.24, 2.45) is 0 Å². The van der Waals surface area contributed by atoms with Crippen molar-refractivity contribution in [2.45, 2.75) is 12.4 Å². The smallest absolute Gasteiger partial charge is 0.376 e. The van der Waals surface area contributed by atoms with Crippen molar-refractivity contribution >= 4 is 28.9 Å². The van der Waals surface area contributed by atoms with E-state index in [4.69, 9.17) is 11.6 Å². The fourth-order valence-electron chi connectivity index (χ4n) is 1.98.